The molecule has 0 aromatic rings. The van der Waals surface area contributed by atoms with Crippen LogP contribution in [-0.2, 0) is 0 Å². The molecule has 1 heterocycles. The largest absolute Gasteiger partial charge is 0.512 e. The van der Waals surface area contributed by atoms with Crippen molar-refractivity contribution in [2.45, 2.75) is 0 Å². The Morgan fingerprint density at radius 2 is 2.00 bits per heavy atom. The Bertz CT molecular complexity index is 132. The molecule has 7 heavy (non-hydrogen) atoms. The van der Waals surface area contributed by atoms with E-state index in [9.17, 15) is 0 Å². The van der Waals surface area contributed by atoms with Crippen LogP contribution in [0.15, 0.2) is 22.1 Å². The smallest absolute Gasteiger partial charge is 0.187 e. The molecule has 36 valence electrons. The second-order valence-electron chi connectivity index (χ2n) is 1.04. The highest BCUT2D eigenvalue weighted by Gasteiger charge is 1.88. The summed E-state index contributed by atoms with van der Waals surface area (Å²) in [5.41, 5.74) is 0. The predicted octanol–water partition coefficient (Wildman–Crippen LogP) is 0.499. The monoisotopic (exact) mass is 96.0 g/mol. The van der Waals surface area contributed by atoms with E-state index in [1.807, 2.05) is 0 Å². The van der Waals surface area contributed by atoms with Gasteiger partial charge in [-0.25, -0.2) is 9.98 Å². The van der Waals surface area contributed by atoms with Crippen molar-refractivity contribution < 1.29 is 5.11 Å². The number of rotatable bonds is 0. The molecule has 0 bridgehead atoms. The standard InChI is InChI=1S/C4H4N2O/c7-3-4-5-1-2-6-4/h1-3,7H. The maximum absolute atomic E-state index is 8.18. The fourth-order valence-corrected chi connectivity index (χ4v) is 0.319. The quantitative estimate of drug-likeness (QED) is 0.438. The highest BCUT2D eigenvalue weighted by Crippen LogP contribution is 1.97. The van der Waals surface area contributed by atoms with Crippen LogP contribution in [0.1, 0.15) is 0 Å². The third-order valence-corrected chi connectivity index (χ3v) is 0.596. The van der Waals surface area contributed by atoms with E-state index in [2.05, 4.69) is 9.98 Å². The van der Waals surface area contributed by atoms with Gasteiger partial charge in [0.1, 0.15) is 6.26 Å². The summed E-state index contributed by atoms with van der Waals surface area (Å²) in [7, 11) is 0. The molecule has 0 radical (unpaired) electrons. The van der Waals surface area contributed by atoms with Gasteiger partial charge in [0.2, 0.25) is 0 Å². The lowest BCUT2D eigenvalue weighted by molar-refractivity contribution is 0.466. The van der Waals surface area contributed by atoms with Crippen molar-refractivity contribution in [2.24, 2.45) is 9.98 Å². The van der Waals surface area contributed by atoms with Crippen LogP contribution in [-0.4, -0.2) is 17.5 Å². The Morgan fingerprint density at radius 1 is 1.43 bits per heavy atom. The molecule has 0 atom stereocenters. The van der Waals surface area contributed by atoms with E-state index < -0.39 is 0 Å². The molecule has 0 saturated heterocycles. The number of hydrogen-bond acceptors (Lipinski definition) is 3. The average molecular weight is 96.1 g/mol. The maximum atomic E-state index is 8.18. The summed E-state index contributed by atoms with van der Waals surface area (Å²) in [4.78, 5) is 7.24. The molecule has 3 nitrogen and oxygen atoms in total. The molecule has 1 rings (SSSR count). The fourth-order valence-electron chi connectivity index (χ4n) is 0.319. The van der Waals surface area contributed by atoms with Gasteiger partial charge in [-0.3, -0.25) is 0 Å². The number of aliphatic hydroxyl groups excluding tert-OH is 1. The minimum Gasteiger partial charge on any atom is -0.512 e. The first-order chi connectivity index (χ1) is 3.43. The molecule has 0 aromatic heterocycles. The first kappa shape index (κ1) is 4.05. The van der Waals surface area contributed by atoms with E-state index in [1.165, 1.54) is 12.4 Å². The number of aliphatic imine (C=N–C) groups is 2. The third kappa shape index (κ3) is 0.652. The van der Waals surface area contributed by atoms with Crippen molar-refractivity contribution in [1.29, 1.82) is 0 Å². The average Bonchev–Trinajstić information content (AvgIpc) is 2.14. The van der Waals surface area contributed by atoms with Gasteiger partial charge in [0.25, 0.3) is 0 Å². The van der Waals surface area contributed by atoms with E-state index in [4.69, 9.17) is 5.11 Å². The molecule has 1 aliphatic heterocycles. The Balaban J connectivity index is 2.79. The van der Waals surface area contributed by atoms with Crippen LogP contribution < -0.4 is 0 Å². The molecule has 1 aliphatic rings. The Kier molecular flexibility index (Phi) is 0.898. The van der Waals surface area contributed by atoms with E-state index in [0.29, 0.717) is 5.82 Å². The number of hydrogen-bond donors (Lipinski definition) is 1. The number of aliphatic hydroxyl groups is 1. The molecule has 0 aliphatic carbocycles. The van der Waals surface area contributed by atoms with Gasteiger partial charge in [0, 0.05) is 12.4 Å². The molecule has 0 saturated carbocycles. The summed E-state index contributed by atoms with van der Waals surface area (Å²) in [5.74, 6) is 0.361. The van der Waals surface area contributed by atoms with Gasteiger partial charge in [-0.1, -0.05) is 0 Å². The lowest BCUT2D eigenvalue weighted by atomic mass is 10.8. The summed E-state index contributed by atoms with van der Waals surface area (Å²) in [6.45, 7) is 0. The molecule has 3 heteroatoms. The van der Waals surface area contributed by atoms with Crippen LogP contribution in [0, 0.1) is 0 Å². The molecular formula is C4H4N2O. The first-order valence-electron chi connectivity index (χ1n) is 1.84. The molecule has 0 unspecified atom stereocenters. The molecule has 0 spiro atoms. The van der Waals surface area contributed by atoms with Gasteiger partial charge < -0.3 is 5.11 Å². The van der Waals surface area contributed by atoms with Crippen LogP contribution in [0.3, 0.4) is 0 Å². The summed E-state index contributed by atoms with van der Waals surface area (Å²) >= 11 is 0. The zero-order valence-corrected chi connectivity index (χ0v) is 3.57. The van der Waals surface area contributed by atoms with E-state index >= 15 is 0 Å². The van der Waals surface area contributed by atoms with Crippen molar-refractivity contribution in [1.82, 2.24) is 0 Å². The molecule has 0 amide bonds. The second kappa shape index (κ2) is 1.55. The summed E-state index contributed by atoms with van der Waals surface area (Å²) in [6.07, 6.45) is 3.89. The highest BCUT2D eigenvalue weighted by molar-refractivity contribution is 6.18. The minimum atomic E-state index is 0.361. The Hall–Kier alpha value is -1.12. The SMILES string of the molecule is OC=C1N=CC=N1. The molecular weight excluding hydrogens is 92.1 g/mol. The van der Waals surface area contributed by atoms with E-state index in [0.717, 1.165) is 6.26 Å². The van der Waals surface area contributed by atoms with Gasteiger partial charge >= 0.3 is 0 Å². The first-order valence-corrected chi connectivity index (χ1v) is 1.84. The van der Waals surface area contributed by atoms with Crippen molar-refractivity contribution >= 4 is 12.4 Å². The topological polar surface area (TPSA) is 45.0 Å². The summed E-state index contributed by atoms with van der Waals surface area (Å²) < 4.78 is 0. The molecule has 0 aromatic carbocycles. The van der Waals surface area contributed by atoms with Crippen molar-refractivity contribution in [3.05, 3.63) is 12.1 Å². The molecule has 1 N–H and O–H groups in total. The van der Waals surface area contributed by atoms with Crippen molar-refractivity contribution in [2.75, 3.05) is 0 Å². The normalized spacial score (nSPS) is 15.7. The second-order valence-corrected chi connectivity index (χ2v) is 1.04. The van der Waals surface area contributed by atoms with Gasteiger partial charge in [-0.15, -0.1) is 0 Å². The lowest BCUT2D eigenvalue weighted by Crippen LogP contribution is -1.61. The maximum Gasteiger partial charge on any atom is 0.187 e. The Morgan fingerprint density at radius 3 is 2.29 bits per heavy atom. The van der Waals surface area contributed by atoms with Gasteiger partial charge in [-0.2, -0.15) is 0 Å². The summed E-state index contributed by atoms with van der Waals surface area (Å²) in [5, 5.41) is 8.18. The predicted molar refractivity (Wildman–Crippen MR) is 27.7 cm³/mol. The summed E-state index contributed by atoms with van der Waals surface area (Å²) in [6, 6.07) is 0. The van der Waals surface area contributed by atoms with Crippen LogP contribution >= 0.6 is 0 Å². The van der Waals surface area contributed by atoms with E-state index in [1.54, 1.807) is 0 Å². The minimum absolute atomic E-state index is 0.361. The van der Waals surface area contributed by atoms with Crippen LogP contribution in [0.25, 0.3) is 0 Å². The van der Waals surface area contributed by atoms with Crippen molar-refractivity contribution in [3.63, 3.8) is 0 Å². The van der Waals surface area contributed by atoms with Crippen molar-refractivity contribution in [3.8, 4) is 0 Å². The fraction of sp³-hybridized carbons (Fsp3) is 0. The highest BCUT2D eigenvalue weighted by atomic mass is 16.2. The van der Waals surface area contributed by atoms with Crippen LogP contribution in [0.2, 0.25) is 0 Å². The number of nitrogens with zero attached hydrogens (tertiary/aromatic N) is 2. The van der Waals surface area contributed by atoms with Crippen LogP contribution in [0.5, 0.6) is 0 Å². The van der Waals surface area contributed by atoms with Gasteiger partial charge in [0.05, 0.1) is 0 Å². The molecule has 0 fully saturated rings. The van der Waals surface area contributed by atoms with E-state index in [-0.39, 0.29) is 0 Å². The zero-order chi connectivity index (χ0) is 5.11. The van der Waals surface area contributed by atoms with Gasteiger partial charge in [-0.05, 0) is 0 Å². The van der Waals surface area contributed by atoms with Crippen LogP contribution in [0.4, 0.5) is 0 Å². The third-order valence-electron chi connectivity index (χ3n) is 0.596. The Labute approximate surface area is 40.7 Å². The zero-order valence-electron chi connectivity index (χ0n) is 3.57. The van der Waals surface area contributed by atoms with Gasteiger partial charge in [0.15, 0.2) is 5.82 Å². The lowest BCUT2D eigenvalue weighted by Gasteiger charge is -1.76.